The largest absolute Gasteiger partial charge is 0.475 e. The van der Waals surface area contributed by atoms with Gasteiger partial charge in [0.1, 0.15) is 6.61 Å². The number of hydrogen-bond acceptors (Lipinski definition) is 4. The summed E-state index contributed by atoms with van der Waals surface area (Å²) in [5.41, 5.74) is 9.44. The van der Waals surface area contributed by atoms with Gasteiger partial charge in [0.25, 0.3) is 0 Å². The molecule has 4 rings (SSSR count). The zero-order chi connectivity index (χ0) is 27.6. The molecule has 0 saturated heterocycles. The van der Waals surface area contributed by atoms with E-state index in [2.05, 4.69) is 145 Å². The number of nitrogens with zero attached hydrogens (tertiary/aromatic N) is 3. The standard InChI is InChI=1S/C32H37Br2N3O/c1-8-15-37(7)25-11-14-28(29(34)18-25)30(27-13-10-24(36(5)6)17-23(27)19-33)26-12-9-22(16-21(26)2)31-35-32(3,4)20-38-31/h8-14,16-18,30H,1,15,19-20H2,2-7H3. The van der Waals surface area contributed by atoms with E-state index in [9.17, 15) is 0 Å². The highest BCUT2D eigenvalue weighted by Gasteiger charge is 2.29. The van der Waals surface area contributed by atoms with Gasteiger partial charge in [0.2, 0.25) is 5.90 Å². The van der Waals surface area contributed by atoms with Gasteiger partial charge in [-0.3, -0.25) is 0 Å². The summed E-state index contributed by atoms with van der Waals surface area (Å²) in [5, 5.41) is 0.773. The van der Waals surface area contributed by atoms with E-state index in [1.807, 2.05) is 6.08 Å². The van der Waals surface area contributed by atoms with E-state index in [4.69, 9.17) is 9.73 Å². The first-order valence-corrected chi connectivity index (χ1v) is 14.8. The first-order chi connectivity index (χ1) is 18.0. The molecule has 0 radical (unpaired) electrons. The molecular formula is C32H37Br2N3O. The second-order valence-electron chi connectivity index (χ2n) is 10.8. The van der Waals surface area contributed by atoms with Crippen molar-refractivity contribution in [2.45, 2.75) is 37.6 Å². The van der Waals surface area contributed by atoms with Crippen molar-refractivity contribution in [3.8, 4) is 0 Å². The zero-order valence-electron chi connectivity index (χ0n) is 23.2. The Morgan fingerprint density at radius 1 is 1.00 bits per heavy atom. The SMILES string of the molecule is C=CCN(C)c1ccc(C(c2ccc(C3=NC(C)(C)CO3)cc2C)c2ccc(N(C)C)cc2CBr)c(Br)c1. The molecule has 1 aliphatic rings. The van der Waals surface area contributed by atoms with Crippen LogP contribution in [0.2, 0.25) is 0 Å². The zero-order valence-corrected chi connectivity index (χ0v) is 26.4. The maximum absolute atomic E-state index is 5.95. The lowest BCUT2D eigenvalue weighted by Crippen LogP contribution is -2.17. The van der Waals surface area contributed by atoms with E-state index in [0.717, 1.165) is 33.5 Å². The molecule has 1 aliphatic heterocycles. The van der Waals surface area contributed by atoms with Crippen molar-refractivity contribution in [2.75, 3.05) is 44.1 Å². The highest BCUT2D eigenvalue weighted by atomic mass is 79.9. The van der Waals surface area contributed by atoms with Gasteiger partial charge < -0.3 is 14.5 Å². The van der Waals surface area contributed by atoms with Gasteiger partial charge in [0, 0.05) is 60.3 Å². The monoisotopic (exact) mass is 637 g/mol. The fourth-order valence-corrected chi connectivity index (χ4v) is 6.00. The molecule has 0 amide bonds. The normalized spacial score (nSPS) is 15.0. The Kier molecular flexibility index (Phi) is 8.73. The fourth-order valence-electron chi connectivity index (χ4n) is 4.92. The van der Waals surface area contributed by atoms with Crippen LogP contribution in [0.4, 0.5) is 11.4 Å². The molecule has 1 atom stereocenters. The van der Waals surface area contributed by atoms with Crippen molar-refractivity contribution < 1.29 is 4.74 Å². The summed E-state index contributed by atoms with van der Waals surface area (Å²) < 4.78 is 7.03. The average Bonchev–Trinajstić information content (AvgIpc) is 3.25. The third-order valence-corrected chi connectivity index (χ3v) is 8.32. The molecule has 0 aromatic heterocycles. The van der Waals surface area contributed by atoms with Gasteiger partial charge in [-0.15, -0.1) is 6.58 Å². The molecule has 3 aromatic carbocycles. The van der Waals surface area contributed by atoms with Crippen LogP contribution in [-0.4, -0.2) is 45.7 Å². The Morgan fingerprint density at radius 2 is 1.68 bits per heavy atom. The number of alkyl halides is 1. The predicted octanol–water partition coefficient (Wildman–Crippen LogP) is 8.08. The van der Waals surface area contributed by atoms with Crippen LogP contribution in [0.1, 0.15) is 53.1 Å². The number of aryl methyl sites for hydroxylation is 1. The molecule has 200 valence electrons. The van der Waals surface area contributed by atoms with Crippen LogP contribution in [0.3, 0.4) is 0 Å². The summed E-state index contributed by atoms with van der Waals surface area (Å²) in [6.45, 7) is 11.7. The van der Waals surface area contributed by atoms with Crippen molar-refractivity contribution in [3.63, 3.8) is 0 Å². The van der Waals surface area contributed by atoms with Crippen LogP contribution in [0.25, 0.3) is 0 Å². The van der Waals surface area contributed by atoms with Gasteiger partial charge in [-0.1, -0.05) is 56.1 Å². The van der Waals surface area contributed by atoms with Crippen LogP contribution < -0.4 is 9.80 Å². The Bertz CT molecular complexity index is 1360. The van der Waals surface area contributed by atoms with Crippen LogP contribution in [-0.2, 0) is 10.1 Å². The minimum absolute atomic E-state index is 0.0452. The lowest BCUT2D eigenvalue weighted by Gasteiger charge is -2.27. The summed E-state index contributed by atoms with van der Waals surface area (Å²) in [6, 6.07) is 20.0. The number of likely N-dealkylation sites (N-methyl/N-ethyl adjacent to an activating group) is 1. The topological polar surface area (TPSA) is 28.1 Å². The fraction of sp³-hybridized carbons (Fsp3) is 0.344. The van der Waals surface area contributed by atoms with Gasteiger partial charge in [-0.25, -0.2) is 4.99 Å². The molecule has 6 heteroatoms. The van der Waals surface area contributed by atoms with E-state index >= 15 is 0 Å². The molecule has 38 heavy (non-hydrogen) atoms. The summed E-state index contributed by atoms with van der Waals surface area (Å²) in [6.07, 6.45) is 1.92. The Labute approximate surface area is 244 Å². The predicted molar refractivity (Wildman–Crippen MR) is 170 cm³/mol. The molecule has 1 unspecified atom stereocenters. The number of aliphatic imine (C=N–C) groups is 1. The van der Waals surface area contributed by atoms with Gasteiger partial charge in [-0.2, -0.15) is 0 Å². The van der Waals surface area contributed by atoms with E-state index in [1.54, 1.807) is 0 Å². The minimum Gasteiger partial charge on any atom is -0.475 e. The minimum atomic E-state index is -0.186. The average molecular weight is 639 g/mol. The Hall–Kier alpha value is -2.57. The maximum Gasteiger partial charge on any atom is 0.216 e. The molecule has 0 spiro atoms. The third-order valence-electron chi connectivity index (χ3n) is 7.03. The second-order valence-corrected chi connectivity index (χ2v) is 12.2. The number of rotatable bonds is 9. The Morgan fingerprint density at radius 3 is 2.26 bits per heavy atom. The van der Waals surface area contributed by atoms with Crippen molar-refractivity contribution in [1.82, 2.24) is 0 Å². The van der Waals surface area contributed by atoms with Gasteiger partial charge in [0.15, 0.2) is 0 Å². The van der Waals surface area contributed by atoms with Crippen LogP contribution in [0, 0.1) is 6.92 Å². The number of halogens is 2. The molecule has 0 bridgehead atoms. The highest BCUT2D eigenvalue weighted by Crippen LogP contribution is 2.42. The lowest BCUT2D eigenvalue weighted by molar-refractivity contribution is 0.279. The highest BCUT2D eigenvalue weighted by molar-refractivity contribution is 9.10. The Balaban J connectivity index is 1.87. The number of ether oxygens (including phenoxy) is 1. The maximum atomic E-state index is 5.95. The first-order valence-electron chi connectivity index (χ1n) is 12.9. The van der Waals surface area contributed by atoms with Gasteiger partial charge in [0.05, 0.1) is 5.54 Å². The number of anilines is 2. The second kappa shape index (κ2) is 11.7. The van der Waals surface area contributed by atoms with E-state index in [-0.39, 0.29) is 11.5 Å². The first kappa shape index (κ1) is 28.4. The number of hydrogen-bond donors (Lipinski definition) is 0. The van der Waals surface area contributed by atoms with Crippen molar-refractivity contribution >= 4 is 49.1 Å². The smallest absolute Gasteiger partial charge is 0.216 e. The molecule has 0 N–H and O–H groups in total. The molecule has 0 fully saturated rings. The summed E-state index contributed by atoms with van der Waals surface area (Å²) in [7, 11) is 6.25. The molecule has 3 aromatic rings. The van der Waals surface area contributed by atoms with Crippen molar-refractivity contribution in [2.24, 2.45) is 4.99 Å². The van der Waals surface area contributed by atoms with E-state index in [0.29, 0.717) is 6.61 Å². The number of benzene rings is 3. The van der Waals surface area contributed by atoms with Crippen molar-refractivity contribution in [1.29, 1.82) is 0 Å². The molecule has 0 aliphatic carbocycles. The molecule has 1 heterocycles. The quantitative estimate of drug-likeness (QED) is 0.135. The molecular weight excluding hydrogens is 602 g/mol. The van der Waals surface area contributed by atoms with Crippen LogP contribution in [0.15, 0.2) is 76.7 Å². The van der Waals surface area contributed by atoms with Crippen LogP contribution in [0.5, 0.6) is 0 Å². The van der Waals surface area contributed by atoms with Crippen LogP contribution >= 0.6 is 31.9 Å². The van der Waals surface area contributed by atoms with Gasteiger partial charge in [-0.05, 0) is 85.0 Å². The van der Waals surface area contributed by atoms with Gasteiger partial charge >= 0.3 is 0 Å². The van der Waals surface area contributed by atoms with E-state index in [1.165, 1.54) is 33.5 Å². The summed E-state index contributed by atoms with van der Waals surface area (Å²) in [4.78, 5) is 9.13. The third kappa shape index (κ3) is 6.02. The summed E-state index contributed by atoms with van der Waals surface area (Å²) >= 11 is 7.72. The molecule has 0 saturated carbocycles. The van der Waals surface area contributed by atoms with Crippen molar-refractivity contribution in [3.05, 3.63) is 105 Å². The van der Waals surface area contributed by atoms with E-state index < -0.39 is 0 Å². The lowest BCUT2D eigenvalue weighted by atomic mass is 9.80. The molecule has 4 nitrogen and oxygen atoms in total. The summed E-state index contributed by atoms with van der Waals surface area (Å²) in [5.74, 6) is 0.775.